The molecule has 31 heavy (non-hydrogen) atoms. The van der Waals surface area contributed by atoms with Crippen LogP contribution in [0.2, 0.25) is 5.02 Å². The van der Waals surface area contributed by atoms with Crippen LogP contribution in [-0.4, -0.2) is 18.9 Å². The van der Waals surface area contributed by atoms with Gasteiger partial charge in [-0.05, 0) is 86.4 Å². The molecule has 3 aromatic rings. The summed E-state index contributed by atoms with van der Waals surface area (Å²) in [5.74, 6) is 1.87. The van der Waals surface area contributed by atoms with Crippen molar-refractivity contribution in [2.75, 3.05) is 18.0 Å². The number of ether oxygens (including phenoxy) is 1. The molecule has 1 aliphatic heterocycles. The predicted molar refractivity (Wildman–Crippen MR) is 125 cm³/mol. The molecule has 4 nitrogen and oxygen atoms in total. The van der Waals surface area contributed by atoms with Gasteiger partial charge in [-0.25, -0.2) is 0 Å². The van der Waals surface area contributed by atoms with Crippen molar-refractivity contribution in [2.45, 2.75) is 32.8 Å². The molecular formula is C26H26ClNO3. The molecule has 0 aliphatic carbocycles. The summed E-state index contributed by atoms with van der Waals surface area (Å²) < 4.78 is 11.6. The molecule has 2 aromatic carbocycles. The van der Waals surface area contributed by atoms with Crippen LogP contribution in [0.1, 0.15) is 46.7 Å². The molecule has 0 bridgehead atoms. The summed E-state index contributed by atoms with van der Waals surface area (Å²) in [6, 6.07) is 17.1. The Morgan fingerprint density at radius 3 is 2.58 bits per heavy atom. The largest absolute Gasteiger partial charge is 0.484 e. The molecular weight excluding hydrogens is 410 g/mol. The van der Waals surface area contributed by atoms with Crippen LogP contribution in [0, 0.1) is 6.92 Å². The highest BCUT2D eigenvalue weighted by Crippen LogP contribution is 2.29. The molecule has 0 N–H and O–H groups in total. The van der Waals surface area contributed by atoms with Crippen LogP contribution >= 0.6 is 11.6 Å². The van der Waals surface area contributed by atoms with Crippen molar-refractivity contribution >= 4 is 29.1 Å². The second-order valence-electron chi connectivity index (χ2n) is 7.77. The molecule has 0 spiro atoms. The summed E-state index contributed by atoms with van der Waals surface area (Å²) in [4.78, 5) is 14.9. The number of nitrogens with zero attached hydrogens (tertiary/aromatic N) is 1. The van der Waals surface area contributed by atoms with E-state index in [1.165, 1.54) is 31.0 Å². The monoisotopic (exact) mass is 435 g/mol. The lowest BCUT2D eigenvalue weighted by molar-refractivity contribution is 0.104. The number of ketones is 1. The van der Waals surface area contributed by atoms with Gasteiger partial charge < -0.3 is 14.1 Å². The highest BCUT2D eigenvalue weighted by Gasteiger charge is 2.12. The fourth-order valence-corrected chi connectivity index (χ4v) is 4.02. The number of benzene rings is 2. The van der Waals surface area contributed by atoms with Crippen LogP contribution in [0.5, 0.6) is 5.75 Å². The lowest BCUT2D eigenvalue weighted by Crippen LogP contribution is -2.29. The lowest BCUT2D eigenvalue weighted by Gasteiger charge is -2.28. The van der Waals surface area contributed by atoms with Crippen LogP contribution in [-0.2, 0) is 6.61 Å². The first-order chi connectivity index (χ1) is 15.1. The van der Waals surface area contributed by atoms with E-state index < -0.39 is 0 Å². The Morgan fingerprint density at radius 1 is 1.06 bits per heavy atom. The Morgan fingerprint density at radius 2 is 1.84 bits per heavy atom. The van der Waals surface area contributed by atoms with E-state index >= 15 is 0 Å². The topological polar surface area (TPSA) is 42.7 Å². The molecule has 1 aliphatic rings. The van der Waals surface area contributed by atoms with Gasteiger partial charge in [0.15, 0.2) is 5.78 Å². The van der Waals surface area contributed by atoms with Crippen molar-refractivity contribution in [1.29, 1.82) is 0 Å². The minimum atomic E-state index is -0.0499. The number of carbonyl (C=O) groups is 1. The zero-order valence-corrected chi connectivity index (χ0v) is 18.4. The summed E-state index contributed by atoms with van der Waals surface area (Å²) >= 11 is 6.19. The third kappa shape index (κ3) is 5.39. The molecule has 1 aromatic heterocycles. The summed E-state index contributed by atoms with van der Waals surface area (Å²) in [6.07, 6.45) is 7.00. The van der Waals surface area contributed by atoms with Gasteiger partial charge in [0, 0.05) is 24.3 Å². The van der Waals surface area contributed by atoms with Gasteiger partial charge >= 0.3 is 0 Å². The van der Waals surface area contributed by atoms with E-state index in [9.17, 15) is 4.79 Å². The van der Waals surface area contributed by atoms with E-state index in [1.807, 2.05) is 55.5 Å². The molecule has 4 rings (SSSR count). The molecule has 1 fully saturated rings. The highest BCUT2D eigenvalue weighted by molar-refractivity contribution is 6.32. The maximum absolute atomic E-state index is 12.5. The first kappa shape index (κ1) is 21.3. The molecule has 0 saturated carbocycles. The quantitative estimate of drug-likeness (QED) is 0.305. The Labute approximate surface area is 188 Å². The molecule has 0 radical (unpaired) electrons. The number of hydrogen-bond donors (Lipinski definition) is 0. The normalized spacial score (nSPS) is 14.2. The zero-order chi connectivity index (χ0) is 21.6. The van der Waals surface area contributed by atoms with Gasteiger partial charge in [-0.2, -0.15) is 0 Å². The van der Waals surface area contributed by atoms with Crippen LogP contribution in [0.3, 0.4) is 0 Å². The average molecular weight is 436 g/mol. The number of furan rings is 1. The van der Waals surface area contributed by atoms with E-state index in [0.717, 1.165) is 18.7 Å². The number of carbonyl (C=O) groups excluding carboxylic acids is 1. The Bertz CT molecular complexity index is 1040. The van der Waals surface area contributed by atoms with Gasteiger partial charge in [0.1, 0.15) is 23.9 Å². The number of halogens is 1. The molecule has 0 unspecified atom stereocenters. The summed E-state index contributed by atoms with van der Waals surface area (Å²) in [7, 11) is 0. The number of para-hydroxylation sites is 1. The first-order valence-electron chi connectivity index (χ1n) is 10.6. The SMILES string of the molecule is Cc1cccc(Cl)c1OCc1ccc(/C=C/C(=O)c2ccc(N3CCCCC3)cc2)o1. The number of piperidine rings is 1. The first-order valence-corrected chi connectivity index (χ1v) is 11.0. The van der Waals surface area contributed by atoms with Gasteiger partial charge in [-0.15, -0.1) is 0 Å². The summed E-state index contributed by atoms with van der Waals surface area (Å²) in [6.45, 7) is 4.40. The Balaban J connectivity index is 1.34. The van der Waals surface area contributed by atoms with Crippen LogP contribution in [0.15, 0.2) is 65.1 Å². The second-order valence-corrected chi connectivity index (χ2v) is 8.18. The fraction of sp³-hybridized carbons (Fsp3) is 0.269. The Kier molecular flexibility index (Phi) is 6.78. The van der Waals surface area contributed by atoms with E-state index in [4.69, 9.17) is 20.8 Å². The summed E-state index contributed by atoms with van der Waals surface area (Å²) in [5, 5.41) is 0.573. The number of hydrogen-bond acceptors (Lipinski definition) is 4. The van der Waals surface area contributed by atoms with Crippen molar-refractivity contribution in [3.63, 3.8) is 0 Å². The summed E-state index contributed by atoms with van der Waals surface area (Å²) in [5.41, 5.74) is 2.82. The van der Waals surface area contributed by atoms with Gasteiger partial charge in [0.2, 0.25) is 0 Å². The van der Waals surface area contributed by atoms with Crippen LogP contribution in [0.25, 0.3) is 6.08 Å². The number of rotatable bonds is 7. The molecule has 1 saturated heterocycles. The number of aryl methyl sites for hydroxylation is 1. The minimum absolute atomic E-state index is 0.0499. The molecule has 160 valence electrons. The molecule has 5 heteroatoms. The fourth-order valence-electron chi connectivity index (χ4n) is 3.75. The standard InChI is InChI=1S/C26H26ClNO3/c1-19-6-5-7-24(27)26(19)30-18-23-13-12-22(31-23)14-15-25(29)20-8-10-21(11-9-20)28-16-3-2-4-17-28/h5-15H,2-4,16-18H2,1H3/b15-14+. The molecule has 0 atom stereocenters. The maximum atomic E-state index is 12.5. The van der Waals surface area contributed by atoms with E-state index in [-0.39, 0.29) is 12.4 Å². The van der Waals surface area contributed by atoms with E-state index in [2.05, 4.69) is 4.90 Å². The van der Waals surface area contributed by atoms with E-state index in [1.54, 1.807) is 12.1 Å². The van der Waals surface area contributed by atoms with Crippen LogP contribution < -0.4 is 9.64 Å². The van der Waals surface area contributed by atoms with Gasteiger partial charge in [0.05, 0.1) is 5.02 Å². The maximum Gasteiger partial charge on any atom is 0.185 e. The van der Waals surface area contributed by atoms with Gasteiger partial charge in [-0.1, -0.05) is 23.7 Å². The Hall–Kier alpha value is -2.98. The van der Waals surface area contributed by atoms with Crippen molar-refractivity contribution in [2.24, 2.45) is 0 Å². The van der Waals surface area contributed by atoms with Crippen molar-refractivity contribution in [3.8, 4) is 5.75 Å². The van der Waals surface area contributed by atoms with Crippen molar-refractivity contribution in [1.82, 2.24) is 0 Å². The minimum Gasteiger partial charge on any atom is -0.484 e. The van der Waals surface area contributed by atoms with Gasteiger partial charge in [-0.3, -0.25) is 4.79 Å². The zero-order valence-electron chi connectivity index (χ0n) is 17.6. The van der Waals surface area contributed by atoms with Crippen molar-refractivity contribution in [3.05, 3.63) is 88.3 Å². The second kappa shape index (κ2) is 9.88. The van der Waals surface area contributed by atoms with Crippen molar-refractivity contribution < 1.29 is 13.9 Å². The number of anilines is 1. The third-order valence-corrected chi connectivity index (χ3v) is 5.77. The highest BCUT2D eigenvalue weighted by atomic mass is 35.5. The van der Waals surface area contributed by atoms with E-state index in [0.29, 0.717) is 27.9 Å². The average Bonchev–Trinajstić information content (AvgIpc) is 3.26. The van der Waals surface area contributed by atoms with Gasteiger partial charge in [0.25, 0.3) is 0 Å². The predicted octanol–water partition coefficient (Wildman–Crippen LogP) is 6.71. The smallest absolute Gasteiger partial charge is 0.185 e. The third-order valence-electron chi connectivity index (χ3n) is 5.48. The van der Waals surface area contributed by atoms with Crippen LogP contribution in [0.4, 0.5) is 5.69 Å². The lowest BCUT2D eigenvalue weighted by atomic mass is 10.1. The number of allylic oxidation sites excluding steroid dienone is 1. The molecule has 2 heterocycles. The molecule has 0 amide bonds.